The number of hydrogen-bond donors (Lipinski definition) is 1. The summed E-state index contributed by atoms with van der Waals surface area (Å²) >= 11 is 3.53. The molecule has 1 saturated carbocycles. The van der Waals surface area contributed by atoms with Gasteiger partial charge in [0.2, 0.25) is 0 Å². The molecule has 2 unspecified atom stereocenters. The average molecular weight is 279 g/mol. The van der Waals surface area contributed by atoms with Crippen LogP contribution in [-0.2, 0) is 0 Å². The van der Waals surface area contributed by atoms with Crippen molar-refractivity contribution in [3.63, 3.8) is 0 Å². The van der Waals surface area contributed by atoms with E-state index in [1.165, 1.54) is 30.5 Å². The number of benzene rings is 1. The summed E-state index contributed by atoms with van der Waals surface area (Å²) in [6.07, 6.45) is 4.80. The van der Waals surface area contributed by atoms with Crippen LogP contribution in [0.15, 0.2) is 27.7 Å². The van der Waals surface area contributed by atoms with Crippen molar-refractivity contribution in [3.05, 3.63) is 28.2 Å². The summed E-state index contributed by atoms with van der Waals surface area (Å²) in [5.74, 6) is 0.477. The highest BCUT2D eigenvalue weighted by Crippen LogP contribution is 2.42. The number of nitrogens with zero attached hydrogens (tertiary/aromatic N) is 1. The van der Waals surface area contributed by atoms with Crippen LogP contribution in [0.25, 0.3) is 0 Å². The Morgan fingerprint density at radius 1 is 1.25 bits per heavy atom. The highest BCUT2D eigenvalue weighted by molar-refractivity contribution is 9.10. The van der Waals surface area contributed by atoms with E-state index in [-0.39, 0.29) is 6.04 Å². The summed E-state index contributed by atoms with van der Waals surface area (Å²) in [6.45, 7) is 0. The van der Waals surface area contributed by atoms with Gasteiger partial charge in [0.05, 0.1) is 5.69 Å². The molecule has 0 radical (unpaired) electrons. The lowest BCUT2D eigenvalue weighted by atomic mass is 9.90. The van der Waals surface area contributed by atoms with Crippen molar-refractivity contribution >= 4 is 27.3 Å². The topological polar surface area (TPSA) is 38.4 Å². The van der Waals surface area contributed by atoms with Crippen LogP contribution in [0, 0.1) is 0 Å². The van der Waals surface area contributed by atoms with Gasteiger partial charge in [-0.25, -0.2) is 0 Å². The maximum absolute atomic E-state index is 6.19. The average Bonchev–Trinajstić information content (AvgIpc) is 2.52. The number of nitrogens with two attached hydrogens (primary N) is 1. The summed E-state index contributed by atoms with van der Waals surface area (Å²) in [7, 11) is 0. The molecular weight excluding hydrogens is 264 g/mol. The van der Waals surface area contributed by atoms with Gasteiger partial charge < -0.3 is 5.73 Å². The van der Waals surface area contributed by atoms with Crippen LogP contribution in [-0.4, -0.2) is 11.8 Å². The van der Waals surface area contributed by atoms with Crippen LogP contribution in [0.4, 0.5) is 5.69 Å². The van der Waals surface area contributed by atoms with Gasteiger partial charge in [-0.1, -0.05) is 28.8 Å². The highest BCUT2D eigenvalue weighted by atomic mass is 79.9. The van der Waals surface area contributed by atoms with Gasteiger partial charge in [0.25, 0.3) is 0 Å². The molecular formula is C13H15BrN2. The minimum Gasteiger partial charge on any atom is -0.323 e. The molecule has 1 fully saturated rings. The molecule has 1 heterocycles. The Morgan fingerprint density at radius 3 is 2.94 bits per heavy atom. The molecule has 2 atom stereocenters. The Bertz CT molecular complexity index is 453. The van der Waals surface area contributed by atoms with Crippen LogP contribution in [0.5, 0.6) is 0 Å². The largest absolute Gasteiger partial charge is 0.323 e. The minimum absolute atomic E-state index is 0.165. The van der Waals surface area contributed by atoms with Gasteiger partial charge in [0, 0.05) is 22.1 Å². The Labute approximate surface area is 104 Å². The summed E-state index contributed by atoms with van der Waals surface area (Å²) in [4.78, 5) is 4.73. The van der Waals surface area contributed by atoms with E-state index in [0.717, 1.165) is 16.6 Å². The van der Waals surface area contributed by atoms with Crippen molar-refractivity contribution in [2.24, 2.45) is 10.7 Å². The molecule has 1 aromatic rings. The monoisotopic (exact) mass is 278 g/mol. The van der Waals surface area contributed by atoms with Gasteiger partial charge in [-0.3, -0.25) is 4.99 Å². The lowest BCUT2D eigenvalue weighted by Gasteiger charge is -2.14. The smallest absolute Gasteiger partial charge is 0.0669 e. The van der Waals surface area contributed by atoms with Crippen LogP contribution in [0.1, 0.15) is 37.2 Å². The Morgan fingerprint density at radius 2 is 2.06 bits per heavy atom. The van der Waals surface area contributed by atoms with E-state index in [4.69, 9.17) is 10.7 Å². The first kappa shape index (κ1) is 10.5. The Balaban J connectivity index is 2.06. The standard InChI is InChI=1S/C13H15BrN2/c14-8-5-6-12-10(7-8)9-3-1-2-4-11(15)13(9)16-12/h5-7,9,11H,1-4,15H2. The highest BCUT2D eigenvalue weighted by Gasteiger charge is 2.32. The molecule has 2 aliphatic rings. The first-order valence-electron chi connectivity index (χ1n) is 5.89. The first-order valence-corrected chi connectivity index (χ1v) is 6.68. The molecule has 3 heteroatoms. The van der Waals surface area contributed by atoms with Gasteiger partial charge in [0.1, 0.15) is 0 Å². The molecule has 0 amide bonds. The molecule has 3 rings (SSSR count). The van der Waals surface area contributed by atoms with Gasteiger partial charge in [0.15, 0.2) is 0 Å². The zero-order chi connectivity index (χ0) is 11.1. The fourth-order valence-electron chi connectivity index (χ4n) is 2.79. The van der Waals surface area contributed by atoms with E-state index >= 15 is 0 Å². The second-order valence-corrected chi connectivity index (χ2v) is 5.60. The fraction of sp³-hybridized carbons (Fsp3) is 0.462. The molecule has 16 heavy (non-hydrogen) atoms. The van der Waals surface area contributed by atoms with Crippen molar-refractivity contribution in [3.8, 4) is 0 Å². The SMILES string of the molecule is NC1CCCCC2C1=Nc1ccc(Br)cc12. The number of halogens is 1. The summed E-state index contributed by atoms with van der Waals surface area (Å²) in [6, 6.07) is 6.51. The molecule has 0 spiro atoms. The predicted molar refractivity (Wildman–Crippen MR) is 70.4 cm³/mol. The normalized spacial score (nSPS) is 28.0. The van der Waals surface area contributed by atoms with Crippen molar-refractivity contribution < 1.29 is 0 Å². The quantitative estimate of drug-likeness (QED) is 0.775. The zero-order valence-corrected chi connectivity index (χ0v) is 10.7. The van der Waals surface area contributed by atoms with Gasteiger partial charge >= 0.3 is 0 Å². The second kappa shape index (κ2) is 3.97. The van der Waals surface area contributed by atoms with Gasteiger partial charge in [-0.05, 0) is 36.6 Å². The van der Waals surface area contributed by atoms with Gasteiger partial charge in [-0.2, -0.15) is 0 Å². The molecule has 84 valence electrons. The number of hydrogen-bond acceptors (Lipinski definition) is 2. The fourth-order valence-corrected chi connectivity index (χ4v) is 3.17. The van der Waals surface area contributed by atoms with E-state index in [0.29, 0.717) is 5.92 Å². The van der Waals surface area contributed by atoms with Crippen LogP contribution in [0.2, 0.25) is 0 Å². The van der Waals surface area contributed by atoms with Crippen LogP contribution < -0.4 is 5.73 Å². The maximum Gasteiger partial charge on any atom is 0.0669 e. The van der Waals surface area contributed by atoms with E-state index in [1.54, 1.807) is 0 Å². The van der Waals surface area contributed by atoms with Crippen molar-refractivity contribution in [2.45, 2.75) is 37.6 Å². The van der Waals surface area contributed by atoms with E-state index in [1.807, 2.05) is 0 Å². The lowest BCUT2D eigenvalue weighted by Crippen LogP contribution is -2.31. The Hall–Kier alpha value is -0.670. The molecule has 1 aliphatic carbocycles. The first-order chi connectivity index (χ1) is 7.75. The molecule has 1 aromatic carbocycles. The maximum atomic E-state index is 6.19. The molecule has 0 saturated heterocycles. The van der Waals surface area contributed by atoms with Crippen molar-refractivity contribution in [1.82, 2.24) is 0 Å². The third-order valence-corrected chi connectivity index (χ3v) is 4.10. The summed E-state index contributed by atoms with van der Waals surface area (Å²) < 4.78 is 1.14. The molecule has 0 aromatic heterocycles. The number of rotatable bonds is 0. The molecule has 2 N–H and O–H groups in total. The third-order valence-electron chi connectivity index (χ3n) is 3.61. The molecule has 2 nitrogen and oxygen atoms in total. The molecule has 0 bridgehead atoms. The molecule has 1 aliphatic heterocycles. The number of aliphatic imine (C=N–C) groups is 1. The summed E-state index contributed by atoms with van der Waals surface area (Å²) in [5.41, 5.74) is 9.90. The van der Waals surface area contributed by atoms with E-state index in [9.17, 15) is 0 Å². The summed E-state index contributed by atoms with van der Waals surface area (Å²) in [5, 5.41) is 0. The number of fused-ring (bicyclic) bond motifs is 3. The van der Waals surface area contributed by atoms with E-state index in [2.05, 4.69) is 34.1 Å². The minimum atomic E-state index is 0.165. The van der Waals surface area contributed by atoms with Crippen molar-refractivity contribution in [1.29, 1.82) is 0 Å². The second-order valence-electron chi connectivity index (χ2n) is 4.68. The Kier molecular flexibility index (Phi) is 2.60. The van der Waals surface area contributed by atoms with Crippen LogP contribution >= 0.6 is 15.9 Å². The van der Waals surface area contributed by atoms with Gasteiger partial charge in [-0.15, -0.1) is 0 Å². The van der Waals surface area contributed by atoms with E-state index < -0.39 is 0 Å². The predicted octanol–water partition coefficient (Wildman–Crippen LogP) is 3.52. The zero-order valence-electron chi connectivity index (χ0n) is 9.12. The lowest BCUT2D eigenvalue weighted by molar-refractivity contribution is 0.652. The third kappa shape index (κ3) is 1.62. The van der Waals surface area contributed by atoms with Crippen LogP contribution in [0.3, 0.4) is 0 Å². The van der Waals surface area contributed by atoms with Crippen molar-refractivity contribution in [2.75, 3.05) is 0 Å².